The Labute approximate surface area is 94.3 Å². The number of phenols is 1. The first kappa shape index (κ1) is 10.4. The van der Waals surface area contributed by atoms with E-state index in [1.807, 2.05) is 19.1 Å². The highest BCUT2D eigenvalue weighted by atomic mass is 16.3. The quantitative estimate of drug-likeness (QED) is 0.504. The molecule has 0 aromatic heterocycles. The van der Waals surface area contributed by atoms with Gasteiger partial charge in [-0.2, -0.15) is 0 Å². The SMILES string of the molecule is Cc1c(N)ccc(O)c1-c1ccc(N)cc1. The second kappa shape index (κ2) is 3.77. The first-order chi connectivity index (χ1) is 7.59. The van der Waals surface area contributed by atoms with Gasteiger partial charge < -0.3 is 16.6 Å². The predicted octanol–water partition coefficient (Wildman–Crippen LogP) is 2.53. The molecule has 0 spiro atoms. The van der Waals surface area contributed by atoms with Crippen molar-refractivity contribution >= 4 is 11.4 Å². The van der Waals surface area contributed by atoms with Gasteiger partial charge in [-0.3, -0.25) is 0 Å². The van der Waals surface area contributed by atoms with Crippen molar-refractivity contribution in [3.8, 4) is 16.9 Å². The molecule has 2 aromatic rings. The fourth-order valence-electron chi connectivity index (χ4n) is 1.73. The summed E-state index contributed by atoms with van der Waals surface area (Å²) in [7, 11) is 0. The number of nitrogen functional groups attached to an aromatic ring is 2. The van der Waals surface area contributed by atoms with Crippen LogP contribution in [0.3, 0.4) is 0 Å². The summed E-state index contributed by atoms with van der Waals surface area (Å²) >= 11 is 0. The Balaban J connectivity index is 2.63. The van der Waals surface area contributed by atoms with Crippen molar-refractivity contribution in [3.63, 3.8) is 0 Å². The molecule has 2 aromatic carbocycles. The predicted molar refractivity (Wildman–Crippen MR) is 67.1 cm³/mol. The molecule has 0 saturated carbocycles. The normalized spacial score (nSPS) is 10.3. The standard InChI is InChI=1S/C13H14N2O/c1-8-11(15)6-7-12(16)13(8)9-2-4-10(14)5-3-9/h2-7,16H,14-15H2,1H3. The molecule has 3 heteroatoms. The molecular formula is C13H14N2O. The van der Waals surface area contributed by atoms with Crippen molar-refractivity contribution in [2.75, 3.05) is 11.5 Å². The van der Waals surface area contributed by atoms with Crippen LogP contribution in [0.1, 0.15) is 5.56 Å². The summed E-state index contributed by atoms with van der Waals surface area (Å²) in [6.45, 7) is 1.89. The summed E-state index contributed by atoms with van der Waals surface area (Å²) in [5.74, 6) is 0.233. The second-order valence-corrected chi connectivity index (χ2v) is 3.80. The lowest BCUT2D eigenvalue weighted by Gasteiger charge is -2.11. The molecule has 0 bridgehead atoms. The van der Waals surface area contributed by atoms with E-state index in [4.69, 9.17) is 11.5 Å². The molecule has 0 unspecified atom stereocenters. The van der Waals surface area contributed by atoms with E-state index in [1.54, 1.807) is 24.3 Å². The van der Waals surface area contributed by atoms with E-state index >= 15 is 0 Å². The van der Waals surface area contributed by atoms with E-state index in [0.717, 1.165) is 16.7 Å². The van der Waals surface area contributed by atoms with E-state index in [1.165, 1.54) is 0 Å². The van der Waals surface area contributed by atoms with Crippen LogP contribution in [0.25, 0.3) is 11.1 Å². The number of phenolic OH excluding ortho intramolecular Hbond substituents is 1. The van der Waals surface area contributed by atoms with Crippen LogP contribution in [0.5, 0.6) is 5.75 Å². The largest absolute Gasteiger partial charge is 0.507 e. The second-order valence-electron chi connectivity index (χ2n) is 3.80. The van der Waals surface area contributed by atoms with Crippen molar-refractivity contribution in [3.05, 3.63) is 42.0 Å². The summed E-state index contributed by atoms with van der Waals surface area (Å²) in [6.07, 6.45) is 0. The van der Waals surface area contributed by atoms with Crippen molar-refractivity contribution in [2.45, 2.75) is 6.92 Å². The molecule has 0 aliphatic rings. The van der Waals surface area contributed by atoms with Crippen LogP contribution in [0.2, 0.25) is 0 Å². The van der Waals surface area contributed by atoms with Gasteiger partial charge in [0, 0.05) is 16.9 Å². The Morgan fingerprint density at radius 1 is 0.938 bits per heavy atom. The molecule has 5 N–H and O–H groups in total. The van der Waals surface area contributed by atoms with Gasteiger partial charge in [-0.15, -0.1) is 0 Å². The molecule has 0 saturated heterocycles. The number of anilines is 2. The monoisotopic (exact) mass is 214 g/mol. The fraction of sp³-hybridized carbons (Fsp3) is 0.0769. The highest BCUT2D eigenvalue weighted by molar-refractivity contribution is 5.78. The first-order valence-corrected chi connectivity index (χ1v) is 5.03. The molecule has 0 atom stereocenters. The zero-order chi connectivity index (χ0) is 11.7. The molecule has 0 fully saturated rings. The summed E-state index contributed by atoms with van der Waals surface area (Å²) in [5.41, 5.74) is 15.4. The number of rotatable bonds is 1. The molecule has 0 heterocycles. The molecule has 0 radical (unpaired) electrons. The summed E-state index contributed by atoms with van der Waals surface area (Å²) in [5, 5.41) is 9.85. The molecule has 0 amide bonds. The Hall–Kier alpha value is -2.16. The van der Waals surface area contributed by atoms with Gasteiger partial charge in [-0.25, -0.2) is 0 Å². The van der Waals surface area contributed by atoms with E-state index in [9.17, 15) is 5.11 Å². The van der Waals surface area contributed by atoms with Crippen LogP contribution in [0.15, 0.2) is 36.4 Å². The Morgan fingerprint density at radius 3 is 2.19 bits per heavy atom. The maximum Gasteiger partial charge on any atom is 0.123 e. The molecule has 0 aliphatic carbocycles. The topological polar surface area (TPSA) is 72.3 Å². The summed E-state index contributed by atoms with van der Waals surface area (Å²) < 4.78 is 0. The van der Waals surface area contributed by atoms with Crippen LogP contribution < -0.4 is 11.5 Å². The van der Waals surface area contributed by atoms with E-state index in [-0.39, 0.29) is 5.75 Å². The highest BCUT2D eigenvalue weighted by Gasteiger charge is 2.09. The number of nitrogens with two attached hydrogens (primary N) is 2. The van der Waals surface area contributed by atoms with Crippen LogP contribution in [-0.4, -0.2) is 5.11 Å². The minimum Gasteiger partial charge on any atom is -0.507 e. The van der Waals surface area contributed by atoms with Crippen LogP contribution >= 0.6 is 0 Å². The lowest BCUT2D eigenvalue weighted by molar-refractivity contribution is 0.477. The van der Waals surface area contributed by atoms with Crippen LogP contribution in [0, 0.1) is 6.92 Å². The van der Waals surface area contributed by atoms with Crippen molar-refractivity contribution < 1.29 is 5.11 Å². The third-order valence-electron chi connectivity index (χ3n) is 2.68. The lowest BCUT2D eigenvalue weighted by atomic mass is 9.98. The zero-order valence-electron chi connectivity index (χ0n) is 9.07. The number of aromatic hydroxyl groups is 1. The number of benzene rings is 2. The van der Waals surface area contributed by atoms with Gasteiger partial charge in [-0.05, 0) is 42.3 Å². The van der Waals surface area contributed by atoms with Gasteiger partial charge in [0.25, 0.3) is 0 Å². The van der Waals surface area contributed by atoms with Crippen molar-refractivity contribution in [1.29, 1.82) is 0 Å². The van der Waals surface area contributed by atoms with Crippen LogP contribution in [-0.2, 0) is 0 Å². The molecule has 16 heavy (non-hydrogen) atoms. The molecule has 2 rings (SSSR count). The number of hydrogen-bond acceptors (Lipinski definition) is 3. The Kier molecular flexibility index (Phi) is 2.44. The Morgan fingerprint density at radius 2 is 1.56 bits per heavy atom. The average molecular weight is 214 g/mol. The molecule has 0 aliphatic heterocycles. The van der Waals surface area contributed by atoms with Crippen molar-refractivity contribution in [2.24, 2.45) is 0 Å². The van der Waals surface area contributed by atoms with Gasteiger partial charge in [0.15, 0.2) is 0 Å². The van der Waals surface area contributed by atoms with E-state index in [2.05, 4.69) is 0 Å². The first-order valence-electron chi connectivity index (χ1n) is 5.03. The number of hydrogen-bond donors (Lipinski definition) is 3. The van der Waals surface area contributed by atoms with Gasteiger partial charge in [0.2, 0.25) is 0 Å². The smallest absolute Gasteiger partial charge is 0.123 e. The summed E-state index contributed by atoms with van der Waals surface area (Å²) in [4.78, 5) is 0. The molecule has 82 valence electrons. The maximum absolute atomic E-state index is 9.85. The minimum absolute atomic E-state index is 0.233. The fourth-order valence-corrected chi connectivity index (χ4v) is 1.73. The highest BCUT2D eigenvalue weighted by Crippen LogP contribution is 2.35. The Bertz CT molecular complexity index is 518. The van der Waals surface area contributed by atoms with Gasteiger partial charge in [0.1, 0.15) is 5.75 Å². The van der Waals surface area contributed by atoms with E-state index in [0.29, 0.717) is 11.4 Å². The molecular weight excluding hydrogens is 200 g/mol. The molecule has 3 nitrogen and oxygen atoms in total. The lowest BCUT2D eigenvalue weighted by Crippen LogP contribution is -1.93. The average Bonchev–Trinajstić information content (AvgIpc) is 2.27. The minimum atomic E-state index is 0.233. The van der Waals surface area contributed by atoms with Gasteiger partial charge >= 0.3 is 0 Å². The van der Waals surface area contributed by atoms with Crippen LogP contribution in [0.4, 0.5) is 11.4 Å². The zero-order valence-corrected chi connectivity index (χ0v) is 9.07. The third kappa shape index (κ3) is 1.67. The van der Waals surface area contributed by atoms with E-state index < -0.39 is 0 Å². The third-order valence-corrected chi connectivity index (χ3v) is 2.68. The maximum atomic E-state index is 9.85. The summed E-state index contributed by atoms with van der Waals surface area (Å²) in [6, 6.07) is 10.7. The van der Waals surface area contributed by atoms with Gasteiger partial charge in [-0.1, -0.05) is 12.1 Å². The van der Waals surface area contributed by atoms with Gasteiger partial charge in [0.05, 0.1) is 0 Å². The van der Waals surface area contributed by atoms with Crippen molar-refractivity contribution in [1.82, 2.24) is 0 Å².